The minimum atomic E-state index is -3.64. The van der Waals surface area contributed by atoms with Gasteiger partial charge in [0.2, 0.25) is 42.5 Å². The highest BCUT2D eigenvalue weighted by Gasteiger charge is 2.61. The van der Waals surface area contributed by atoms with Gasteiger partial charge in [-0.15, -0.1) is 6.58 Å². The van der Waals surface area contributed by atoms with Crippen LogP contribution in [0, 0.1) is 17.3 Å². The predicted molar refractivity (Wildman–Crippen MR) is 450 cm³/mol. The van der Waals surface area contributed by atoms with E-state index in [0.29, 0.717) is 23.9 Å². The van der Waals surface area contributed by atoms with E-state index in [1.54, 1.807) is 98.2 Å². The summed E-state index contributed by atoms with van der Waals surface area (Å²) in [5, 5.41) is 40.9. The number of hydrogen-bond donors (Lipinski definition) is 3. The summed E-state index contributed by atoms with van der Waals surface area (Å²) in [7, 11) is -3.64. The van der Waals surface area contributed by atoms with E-state index in [2.05, 4.69) is 114 Å². The Morgan fingerprint density at radius 2 is 1.17 bits per heavy atom. The van der Waals surface area contributed by atoms with Gasteiger partial charge in [-0.05, 0) is 227 Å². The Balaban J connectivity index is 0.000000179. The highest BCUT2D eigenvalue weighted by molar-refractivity contribution is 9.10. The van der Waals surface area contributed by atoms with Crippen molar-refractivity contribution in [3.63, 3.8) is 0 Å². The van der Waals surface area contributed by atoms with Gasteiger partial charge in [0.05, 0.1) is 52.0 Å². The number of carbonyl (C=O) groups excluding carboxylic acids is 4. The number of aromatic nitrogens is 11. The second-order valence-electron chi connectivity index (χ2n) is 29.0. The van der Waals surface area contributed by atoms with Gasteiger partial charge in [-0.25, -0.2) is 32.4 Å². The van der Waals surface area contributed by atoms with Crippen molar-refractivity contribution in [3.8, 4) is 22.9 Å². The molecule has 32 heteroatoms. The smallest absolute Gasteiger partial charge is 0.339 e. The first kappa shape index (κ1) is 86.7. The molecule has 0 radical (unpaired) electrons. The van der Waals surface area contributed by atoms with Crippen molar-refractivity contribution in [3.05, 3.63) is 253 Å². The Labute approximate surface area is 695 Å². The summed E-state index contributed by atoms with van der Waals surface area (Å²) in [6.45, 7) is 14.6. The number of ether oxygens (including phenoxy) is 2. The summed E-state index contributed by atoms with van der Waals surface area (Å²) in [6, 6.07) is 43.7. The molecule has 3 N–H and O–H groups in total. The number of amides is 2. The van der Waals surface area contributed by atoms with Crippen LogP contribution in [0.3, 0.4) is 0 Å². The molecule has 1 saturated heterocycles. The lowest BCUT2D eigenvalue weighted by molar-refractivity contribution is -0.904. The van der Waals surface area contributed by atoms with E-state index in [4.69, 9.17) is 26.3 Å². The van der Waals surface area contributed by atoms with Crippen molar-refractivity contribution in [2.75, 3.05) is 12.3 Å². The number of nitrogens with zero attached hydrogens (tertiary/aromatic N) is 12. The molecule has 114 heavy (non-hydrogen) atoms. The van der Waals surface area contributed by atoms with Gasteiger partial charge in [0.15, 0.2) is 15.6 Å². The van der Waals surface area contributed by atoms with E-state index in [1.165, 1.54) is 15.7 Å². The highest BCUT2D eigenvalue weighted by atomic mass is 79.9. The first-order valence-electron chi connectivity index (χ1n) is 35.5. The van der Waals surface area contributed by atoms with Crippen molar-refractivity contribution < 1.29 is 61.5 Å². The lowest BCUT2D eigenvalue weighted by atomic mass is 9.77. The molecule has 0 bridgehead atoms. The van der Waals surface area contributed by atoms with Crippen molar-refractivity contribution in [1.29, 1.82) is 0 Å². The average molecular weight is 1790 g/mol. The SMILES string of the molecule is Brc1ccc2cnccc2c1.C.C=C[C@@H]1C[C@]1(NC(=O)[C@@H]1C[C@@H](Oc2nccc3cc(-n4cccn4)ccc23)CN1C(=O)[C@@H](CC(=O)OC(C)(C)C)C(C)(C)C)C(=O)CS(=O)(=O)C1CC1.Clc1nccc2cc(-n3cccn3)ccc12.O=P(Cl)(Cl)Cl.O[n+]1ccc2cc(-n3cccn3)ccc2c1.O[n+]1ccc2cc(Br)ccc2c1. The molecule has 13 aromatic rings. The standard InChI is InChI=1S/C39H49N5O8S.C12H8ClN3.C12H10N3O.C9H7BrNO.C9H6BrN.CH4.Cl3OP/c1-8-25-21-39(25,32(45)23-53(49,50)28-11-12-28)42-34(47)31-19-27(22-43(31)36(48)30(37(2,3)4)20-33(46)52-38(5,6)7)51-35-29-13-10-26(44-17-9-15-41-44)18-24(29)14-16-40-35;13-12-11-3-2-10(16-7-1-5-15-16)8-9(11)4-6-14-12;16-14-7-4-10-8-12(3-2-11(10)9-14)15-6-1-5-13-15;10-9-2-1-8-6-11(12)4-3-7(8)5-9;10-9-2-1-8-6-11-4-3-7(8)5-9;;1-5(2,3)4/h8-10,13-18,25,27-28,30-31H,1,11-12,19-23H2,2-7H3,(H,42,47);1-8H;1-9,16H;1-6,12H;1-6H;1H4;/q;;2*+1;;;/t25-,27-,30-,31+,39-;;;;;;/m1....../s1. The van der Waals surface area contributed by atoms with Gasteiger partial charge >= 0.3 is 11.2 Å². The number of sulfone groups is 1. The lowest BCUT2D eigenvalue weighted by Gasteiger charge is -2.35. The van der Waals surface area contributed by atoms with Crippen LogP contribution in [0.2, 0.25) is 5.15 Å². The molecule has 8 aromatic heterocycles. The molecular formula is C82H84Br2Cl4N13O11PS+2. The van der Waals surface area contributed by atoms with Gasteiger partial charge in [0.1, 0.15) is 34.2 Å². The number of pyridine rings is 5. The van der Waals surface area contributed by atoms with Crippen LogP contribution in [0.25, 0.3) is 70.9 Å². The summed E-state index contributed by atoms with van der Waals surface area (Å²) in [5.74, 6) is -3.82. The summed E-state index contributed by atoms with van der Waals surface area (Å²) in [4.78, 5) is 69.6. The molecule has 3 fully saturated rings. The zero-order valence-electron chi connectivity index (χ0n) is 62.0. The number of nitrogens with one attached hydrogen (secondary N) is 1. The molecule has 594 valence electrons. The molecule has 2 aliphatic carbocycles. The van der Waals surface area contributed by atoms with Crippen LogP contribution in [0.1, 0.15) is 81.1 Å². The molecule has 24 nitrogen and oxygen atoms in total. The van der Waals surface area contributed by atoms with Crippen LogP contribution >= 0.6 is 82.4 Å². The molecule has 0 unspecified atom stereocenters. The number of Topliss-reactive ketones (excluding diaryl/α,β-unsaturated/α-hetero) is 1. The minimum absolute atomic E-state index is 0. The largest absolute Gasteiger partial charge is 0.472 e. The second kappa shape index (κ2) is 37.3. The lowest BCUT2D eigenvalue weighted by Crippen LogP contribution is -2.55. The normalized spacial score (nSPS) is 16.6. The highest BCUT2D eigenvalue weighted by Crippen LogP contribution is 2.61. The Bertz CT molecular complexity index is 5730. The van der Waals surface area contributed by atoms with Crippen LogP contribution < -0.4 is 19.5 Å². The fourth-order valence-electron chi connectivity index (χ4n) is 12.7. The number of ketones is 1. The topological polar surface area (TPSA) is 294 Å². The van der Waals surface area contributed by atoms with Crippen LogP contribution in [0.5, 0.6) is 5.88 Å². The summed E-state index contributed by atoms with van der Waals surface area (Å²) < 4.78 is 56.8. The number of rotatable bonds is 15. The van der Waals surface area contributed by atoms with Gasteiger partial charge in [0, 0.05) is 121 Å². The van der Waals surface area contributed by atoms with Crippen LogP contribution in [0.4, 0.5) is 0 Å². The fourth-order valence-corrected chi connectivity index (χ4v) is 15.4. The summed E-state index contributed by atoms with van der Waals surface area (Å²) >= 11 is 26.6. The van der Waals surface area contributed by atoms with Crippen molar-refractivity contribution in [1.82, 2.24) is 54.5 Å². The molecule has 16 rings (SSSR count). The zero-order valence-corrected chi connectivity index (χ0v) is 69.9. The van der Waals surface area contributed by atoms with Gasteiger partial charge in [-0.3, -0.25) is 39.1 Å². The van der Waals surface area contributed by atoms with Gasteiger partial charge in [-0.1, -0.05) is 83.8 Å². The zero-order chi connectivity index (χ0) is 81.2. The molecule has 2 saturated carbocycles. The third-order valence-electron chi connectivity index (χ3n) is 18.6. The molecule has 5 aromatic carbocycles. The van der Waals surface area contributed by atoms with Crippen LogP contribution in [-0.2, 0) is 38.3 Å². The van der Waals surface area contributed by atoms with E-state index >= 15 is 0 Å². The molecule has 1 aliphatic heterocycles. The van der Waals surface area contributed by atoms with Gasteiger partial charge in [-0.2, -0.15) is 15.3 Å². The Morgan fingerprint density at radius 1 is 0.675 bits per heavy atom. The van der Waals surface area contributed by atoms with Gasteiger partial charge in [0.25, 0.3) is 0 Å². The number of likely N-dealkylation sites (tertiary alicyclic amines) is 1. The number of benzene rings is 5. The second-order valence-corrected chi connectivity index (χ2v) is 40.1. The Hall–Kier alpha value is -9.70. The number of halogens is 6. The van der Waals surface area contributed by atoms with Crippen molar-refractivity contribution in [2.45, 2.75) is 110 Å². The number of fused-ring (bicyclic) bond motifs is 5. The van der Waals surface area contributed by atoms with Crippen LogP contribution in [-0.4, -0.2) is 132 Å². The summed E-state index contributed by atoms with van der Waals surface area (Å²) in [5.41, 5.74) is -0.0257. The van der Waals surface area contributed by atoms with Crippen molar-refractivity contribution in [2.24, 2.45) is 17.3 Å². The molecule has 3 aliphatic rings. The Morgan fingerprint density at radius 3 is 1.68 bits per heavy atom. The summed E-state index contributed by atoms with van der Waals surface area (Å²) in [6.07, 6.45) is 26.4. The number of esters is 1. The molecule has 5 atom stereocenters. The molecular weight excluding hydrogens is 1710 g/mol. The maximum atomic E-state index is 14.6. The van der Waals surface area contributed by atoms with E-state index < -0.39 is 90.1 Å². The average Bonchev–Trinajstić information content (AvgIpc) is 1.57. The first-order valence-corrected chi connectivity index (χ1v) is 43.6. The number of carbonyl (C=O) groups is 4. The van der Waals surface area contributed by atoms with E-state index in [-0.39, 0.29) is 33.2 Å². The minimum Gasteiger partial charge on any atom is -0.472 e. The van der Waals surface area contributed by atoms with E-state index in [9.17, 15) is 37.4 Å². The van der Waals surface area contributed by atoms with E-state index in [1.807, 2.05) is 184 Å². The first-order chi connectivity index (χ1) is 53.6. The predicted octanol–water partition coefficient (Wildman–Crippen LogP) is 17.6. The molecule has 9 heterocycles. The maximum absolute atomic E-state index is 14.6. The monoisotopic (exact) mass is 1790 g/mol. The quantitative estimate of drug-likeness (QED) is 0.0215. The van der Waals surface area contributed by atoms with Crippen molar-refractivity contribution >= 4 is 170 Å². The third kappa shape index (κ3) is 23.3. The van der Waals surface area contributed by atoms with E-state index in [0.717, 1.165) is 78.6 Å². The fraction of sp³-hybridized carbons (Fsp3) is 0.268. The van der Waals surface area contributed by atoms with Gasteiger partial charge < -0.3 is 19.7 Å². The number of hydrogen-bond acceptors (Lipinski definition) is 17. The maximum Gasteiger partial charge on any atom is 0.339 e. The third-order valence-corrected chi connectivity index (χ3v) is 22.0. The Kier molecular flexibility index (Phi) is 28.3. The van der Waals surface area contributed by atoms with Crippen LogP contribution in [0.15, 0.2) is 248 Å². The molecule has 0 spiro atoms. The molecule has 2 amide bonds.